The molecular formula is C40H41F2N7O4. The lowest BCUT2D eigenvalue weighted by Gasteiger charge is -2.48. The molecule has 1 unspecified atom stereocenters. The molecule has 3 aromatic heterocycles. The molecule has 0 saturated carbocycles. The van der Waals surface area contributed by atoms with E-state index < -0.39 is 29.2 Å². The zero-order valence-corrected chi connectivity index (χ0v) is 30.2. The van der Waals surface area contributed by atoms with E-state index in [4.69, 9.17) is 35.6 Å². The van der Waals surface area contributed by atoms with Crippen molar-refractivity contribution in [1.29, 1.82) is 0 Å². The Morgan fingerprint density at radius 2 is 2.00 bits per heavy atom. The van der Waals surface area contributed by atoms with Crippen molar-refractivity contribution in [1.82, 2.24) is 29.7 Å². The van der Waals surface area contributed by atoms with Gasteiger partial charge in [0, 0.05) is 60.3 Å². The standard InChI is InChI=1S/C40H41F2N7O4/c1-7-23-9-8-10-24-15-43-16-27(29(23)24)32-31(42)33-30-35(46-37(45-33)51-20-40-13-21(2)17-47(40)18-25(41)14-40)48-19-26-11-12-28(34(48)22(3)52-36(30)44-32)49(26)38(50)53-39(4,5)6/h1,8-10,15-16,22,25-26,28,34H,2,11-14,17-20H2,3-6H3/t22-,25+,26+,28-,34+,40?/m0/s1. The number of ether oxygens (including phenoxy) is 3. The van der Waals surface area contributed by atoms with Crippen LogP contribution in [0.15, 0.2) is 42.7 Å². The van der Waals surface area contributed by atoms with Gasteiger partial charge in [-0.2, -0.15) is 9.97 Å². The maximum Gasteiger partial charge on any atom is 0.410 e. The van der Waals surface area contributed by atoms with E-state index in [-0.39, 0.29) is 53.9 Å². The smallest absolute Gasteiger partial charge is 0.410 e. The number of pyridine rings is 2. The van der Waals surface area contributed by atoms with Crippen LogP contribution in [0.1, 0.15) is 58.9 Å². The van der Waals surface area contributed by atoms with Crippen LogP contribution >= 0.6 is 0 Å². The molecule has 2 bridgehead atoms. The van der Waals surface area contributed by atoms with Crippen molar-refractivity contribution in [3.63, 3.8) is 0 Å². The average molecular weight is 722 g/mol. The van der Waals surface area contributed by atoms with E-state index in [1.165, 1.54) is 0 Å². The first-order valence-electron chi connectivity index (χ1n) is 18.2. The van der Waals surface area contributed by atoms with E-state index >= 15 is 4.39 Å². The summed E-state index contributed by atoms with van der Waals surface area (Å²) in [4.78, 5) is 38.6. The molecule has 4 fully saturated rings. The highest BCUT2D eigenvalue weighted by Gasteiger charge is 2.54. The summed E-state index contributed by atoms with van der Waals surface area (Å²) in [6, 6.07) is 4.61. The number of nitrogens with zero attached hydrogens (tertiary/aromatic N) is 7. The Kier molecular flexibility index (Phi) is 7.61. The summed E-state index contributed by atoms with van der Waals surface area (Å²) in [5.41, 5.74) is 0.650. The zero-order valence-electron chi connectivity index (χ0n) is 30.2. The summed E-state index contributed by atoms with van der Waals surface area (Å²) in [6.07, 6.45) is 9.64. The second-order valence-corrected chi connectivity index (χ2v) is 16.1. The van der Waals surface area contributed by atoms with Gasteiger partial charge in [0.05, 0.1) is 23.7 Å². The molecule has 274 valence electrons. The van der Waals surface area contributed by atoms with Crippen molar-refractivity contribution in [3.8, 4) is 35.5 Å². The molecule has 1 aromatic carbocycles. The predicted molar refractivity (Wildman–Crippen MR) is 195 cm³/mol. The number of piperazine rings is 1. The Bertz CT molecular complexity index is 2250. The third-order valence-corrected chi connectivity index (χ3v) is 11.4. The fourth-order valence-corrected chi connectivity index (χ4v) is 9.44. The number of alkyl halides is 1. The van der Waals surface area contributed by atoms with Gasteiger partial charge in [-0.3, -0.25) is 14.8 Å². The van der Waals surface area contributed by atoms with Crippen molar-refractivity contribution >= 4 is 33.6 Å². The summed E-state index contributed by atoms with van der Waals surface area (Å²) >= 11 is 0. The van der Waals surface area contributed by atoms with Gasteiger partial charge in [-0.25, -0.2) is 18.6 Å². The number of amides is 1. The van der Waals surface area contributed by atoms with Crippen LogP contribution in [0.3, 0.4) is 0 Å². The Morgan fingerprint density at radius 1 is 1.17 bits per heavy atom. The maximum absolute atomic E-state index is 17.3. The SMILES string of the molecule is C#Cc1cccc2cncc(-c3nc4c5c(nc(OCC67CC(=C)CN6C[C@H](F)C7)nc5c3F)N3C[C@H]5CC[C@@H]([C@H]3[C@H](C)O4)N5C(=O)OC(C)(C)C)c12. The van der Waals surface area contributed by atoms with Crippen LogP contribution in [0.5, 0.6) is 11.9 Å². The Balaban J connectivity index is 1.21. The molecule has 6 atom stereocenters. The van der Waals surface area contributed by atoms with E-state index in [1.807, 2.05) is 44.7 Å². The molecule has 0 radical (unpaired) electrons. The minimum absolute atomic E-state index is 0.0270. The fourth-order valence-electron chi connectivity index (χ4n) is 9.44. The van der Waals surface area contributed by atoms with Crippen molar-refractivity contribution in [2.24, 2.45) is 0 Å². The highest BCUT2D eigenvalue weighted by Crippen LogP contribution is 2.48. The lowest BCUT2D eigenvalue weighted by molar-refractivity contribution is 0.000937. The average Bonchev–Trinajstić information content (AvgIpc) is 3.67. The quantitative estimate of drug-likeness (QED) is 0.178. The molecule has 13 heteroatoms. The number of fused-ring (bicyclic) bond motifs is 7. The Labute approximate surface area is 306 Å². The molecule has 4 saturated heterocycles. The number of carbonyl (C=O) groups is 1. The van der Waals surface area contributed by atoms with Crippen LogP contribution in [-0.4, -0.2) is 104 Å². The van der Waals surface area contributed by atoms with Crippen molar-refractivity contribution in [2.75, 3.05) is 31.1 Å². The fraction of sp³-hybridized carbons (Fsp3) is 0.475. The number of halogens is 2. The van der Waals surface area contributed by atoms with Gasteiger partial charge < -0.3 is 19.1 Å². The predicted octanol–water partition coefficient (Wildman–Crippen LogP) is 6.22. The molecule has 1 amide bonds. The summed E-state index contributed by atoms with van der Waals surface area (Å²) in [7, 11) is 0. The van der Waals surface area contributed by atoms with E-state index in [2.05, 4.69) is 27.3 Å². The minimum atomic E-state index is -0.985. The van der Waals surface area contributed by atoms with E-state index in [9.17, 15) is 9.18 Å². The number of benzene rings is 1. The number of anilines is 1. The molecule has 11 nitrogen and oxygen atoms in total. The number of hydrogen-bond acceptors (Lipinski definition) is 10. The van der Waals surface area contributed by atoms with Crippen molar-refractivity contribution < 1.29 is 27.8 Å². The molecule has 4 aromatic rings. The second-order valence-electron chi connectivity index (χ2n) is 16.1. The Hall–Kier alpha value is -5.09. The van der Waals surface area contributed by atoms with Gasteiger partial charge >= 0.3 is 12.1 Å². The molecule has 53 heavy (non-hydrogen) atoms. The topological polar surface area (TPSA) is 106 Å². The van der Waals surface area contributed by atoms with Gasteiger partial charge in [0.25, 0.3) is 0 Å². The number of aromatic nitrogens is 4. The van der Waals surface area contributed by atoms with Crippen LogP contribution in [0.25, 0.3) is 32.9 Å². The number of hydrogen-bond donors (Lipinski definition) is 0. The lowest BCUT2D eigenvalue weighted by atomic mass is 9.93. The van der Waals surface area contributed by atoms with E-state index in [0.29, 0.717) is 60.2 Å². The first-order valence-corrected chi connectivity index (χ1v) is 18.2. The highest BCUT2D eigenvalue weighted by atomic mass is 19.1. The van der Waals surface area contributed by atoms with Gasteiger partial charge in [-0.15, -0.1) is 6.42 Å². The molecule has 5 aliphatic heterocycles. The Morgan fingerprint density at radius 3 is 2.79 bits per heavy atom. The van der Waals surface area contributed by atoms with E-state index in [1.54, 1.807) is 18.5 Å². The van der Waals surface area contributed by atoms with E-state index in [0.717, 1.165) is 23.8 Å². The zero-order chi connectivity index (χ0) is 37.0. The van der Waals surface area contributed by atoms with Gasteiger partial charge in [0.15, 0.2) is 5.82 Å². The monoisotopic (exact) mass is 721 g/mol. The summed E-state index contributed by atoms with van der Waals surface area (Å²) in [5.74, 6) is 2.57. The molecule has 0 spiro atoms. The van der Waals surface area contributed by atoms with Crippen LogP contribution in [0, 0.1) is 18.2 Å². The van der Waals surface area contributed by atoms with Gasteiger partial charge in [-0.1, -0.05) is 30.2 Å². The highest BCUT2D eigenvalue weighted by molar-refractivity contribution is 6.03. The van der Waals surface area contributed by atoms with Crippen LogP contribution in [0.2, 0.25) is 0 Å². The van der Waals surface area contributed by atoms with Gasteiger partial charge in [-0.05, 0) is 53.0 Å². The number of rotatable bonds is 4. The molecule has 9 rings (SSSR count). The number of terminal acetylenes is 1. The third-order valence-electron chi connectivity index (χ3n) is 11.4. The van der Waals surface area contributed by atoms with Crippen LogP contribution < -0.4 is 14.4 Å². The maximum atomic E-state index is 17.3. The van der Waals surface area contributed by atoms with Crippen molar-refractivity contribution in [2.45, 2.75) is 94.9 Å². The summed E-state index contributed by atoms with van der Waals surface area (Å²) < 4.78 is 51.1. The third kappa shape index (κ3) is 5.36. The second kappa shape index (κ2) is 12.0. The number of carbonyl (C=O) groups excluding carboxylic acids is 1. The first-order chi connectivity index (χ1) is 25.3. The summed E-state index contributed by atoms with van der Waals surface area (Å²) in [5, 5.41) is 1.66. The van der Waals surface area contributed by atoms with Gasteiger partial charge in [0.2, 0.25) is 5.88 Å². The normalized spacial score (nSPS) is 27.7. The largest absolute Gasteiger partial charge is 0.472 e. The minimum Gasteiger partial charge on any atom is -0.472 e. The molecule has 0 aliphatic carbocycles. The molecule has 8 heterocycles. The van der Waals surface area contributed by atoms with Crippen LogP contribution in [0.4, 0.5) is 19.4 Å². The lowest BCUT2D eigenvalue weighted by Crippen LogP contribution is -2.65. The molecule has 5 aliphatic rings. The molecule has 0 N–H and O–H groups in total. The van der Waals surface area contributed by atoms with Crippen LogP contribution in [-0.2, 0) is 4.74 Å². The molecular weight excluding hydrogens is 680 g/mol. The first kappa shape index (κ1) is 33.7. The van der Waals surface area contributed by atoms with Gasteiger partial charge in [0.1, 0.15) is 46.9 Å². The van der Waals surface area contributed by atoms with Crippen molar-refractivity contribution in [3.05, 3.63) is 54.1 Å². The summed E-state index contributed by atoms with van der Waals surface area (Å²) in [6.45, 7) is 13.1.